The van der Waals surface area contributed by atoms with E-state index in [1.165, 1.54) is 137 Å². The summed E-state index contributed by atoms with van der Waals surface area (Å²) in [6.07, 6.45) is 6.72. The zero-order chi connectivity index (χ0) is 58.6. The van der Waals surface area contributed by atoms with E-state index in [4.69, 9.17) is 4.11 Å². The standard InChI is InChI=1S/C26H25N2.C25H23N2.C24H21N2.2CH4/c1-16-6-9-20(18(3)12-16)24-14-25-22(15-27(24)4)26-21-10-7-17(2)13-19(21)8-11-23(26)28(25)5;1-16-9-11-19(17(2)13-16)23-14-21-24(15-26(23)3)27(4)22-12-10-18-7-5-6-8-20(18)25(21)22;1-16-8-4-6-10-18(16)22-14-20-23(15-25(22)2)26(3)21-13-12-17-9-5-7-11-19(17)24(20)21;;/h6-15H,1-5H3;5-15H,1-4H3;4-15H,1-3H3;2*1H4/q3*+1;;/i1D3;;;;. The van der Waals surface area contributed by atoms with Gasteiger partial charge in [0.25, 0.3) is 0 Å². The summed E-state index contributed by atoms with van der Waals surface area (Å²) in [6.45, 7) is 8.54. The van der Waals surface area contributed by atoms with E-state index >= 15 is 0 Å². The van der Waals surface area contributed by atoms with E-state index in [-0.39, 0.29) is 14.9 Å². The van der Waals surface area contributed by atoms with Crippen LogP contribution in [0.4, 0.5) is 0 Å². The monoisotopic (exact) mass is 1090 g/mol. The molecule has 0 aliphatic rings. The molecule has 6 aromatic heterocycles. The second-order valence-corrected chi connectivity index (χ2v) is 22.6. The van der Waals surface area contributed by atoms with Gasteiger partial charge in [0.1, 0.15) is 32.2 Å². The van der Waals surface area contributed by atoms with Crippen LogP contribution in [-0.2, 0) is 42.3 Å². The number of rotatable bonds is 3. The third-order valence-corrected chi connectivity index (χ3v) is 17.3. The number of benzene rings is 9. The Morgan fingerprint density at radius 2 is 0.723 bits per heavy atom. The zero-order valence-electron chi connectivity index (χ0n) is 51.2. The van der Waals surface area contributed by atoms with Crippen LogP contribution in [0.2, 0.25) is 0 Å². The van der Waals surface area contributed by atoms with Gasteiger partial charge in [-0.25, -0.2) is 4.57 Å². The van der Waals surface area contributed by atoms with Gasteiger partial charge in [-0.05, 0) is 127 Å². The first kappa shape index (κ1) is 51.7. The van der Waals surface area contributed by atoms with Gasteiger partial charge in [-0.1, -0.05) is 159 Å². The lowest BCUT2D eigenvalue weighted by Gasteiger charge is -2.06. The van der Waals surface area contributed by atoms with Gasteiger partial charge in [-0.15, -0.1) is 0 Å². The summed E-state index contributed by atoms with van der Waals surface area (Å²) in [7, 11) is 12.8. The molecule has 6 heteroatoms. The molecule has 0 aliphatic heterocycles. The number of fused-ring (bicyclic) bond motifs is 15. The molecule has 6 heterocycles. The van der Waals surface area contributed by atoms with Crippen LogP contribution in [0.25, 0.3) is 132 Å². The number of hydrogen-bond donors (Lipinski definition) is 0. The maximum Gasteiger partial charge on any atom is 0.214 e. The van der Waals surface area contributed by atoms with Gasteiger partial charge >= 0.3 is 0 Å². The lowest BCUT2D eigenvalue weighted by molar-refractivity contribution is -0.659. The summed E-state index contributed by atoms with van der Waals surface area (Å²) >= 11 is 0. The lowest BCUT2D eigenvalue weighted by atomic mass is 10.00. The quantitative estimate of drug-likeness (QED) is 0.158. The molecule has 0 saturated carbocycles. The second-order valence-electron chi connectivity index (χ2n) is 22.6. The highest BCUT2D eigenvalue weighted by Crippen LogP contribution is 2.39. The summed E-state index contributed by atoms with van der Waals surface area (Å²) in [5.41, 5.74) is 21.1. The maximum atomic E-state index is 7.69. The summed E-state index contributed by atoms with van der Waals surface area (Å²) in [5, 5.41) is 15.5. The van der Waals surface area contributed by atoms with E-state index in [1.54, 1.807) is 12.1 Å². The van der Waals surface area contributed by atoms with E-state index in [0.29, 0.717) is 5.56 Å². The highest BCUT2D eigenvalue weighted by atomic mass is 15.0. The van der Waals surface area contributed by atoms with Crippen molar-refractivity contribution < 1.29 is 17.8 Å². The lowest BCUT2D eigenvalue weighted by Crippen LogP contribution is -2.30. The third kappa shape index (κ3) is 9.27. The average molecular weight is 1090 g/mol. The Balaban J connectivity index is 0.000000133. The van der Waals surface area contributed by atoms with Crippen molar-refractivity contribution in [3.05, 3.63) is 234 Å². The zero-order valence-corrected chi connectivity index (χ0v) is 48.2. The van der Waals surface area contributed by atoms with E-state index in [0.717, 1.165) is 22.3 Å². The van der Waals surface area contributed by atoms with Crippen LogP contribution in [0.15, 0.2) is 201 Å². The van der Waals surface area contributed by atoms with Crippen LogP contribution in [-0.4, -0.2) is 13.7 Å². The first-order valence-electron chi connectivity index (χ1n) is 29.5. The SMILES string of the molecule is C.C.Cc1ccc(-c2cc3c4c5ccccc5ccc4n(C)c3c[n+]2C)c(C)c1.Cc1ccccc1-c1cc2c3c4ccccc4ccc3n(C)c2c[n+]1C.[2H]C([2H])([2H])c1ccc(-c2cc3c(c[n+]2C)c2c4ccc(C)cc4ccc2n3C)c(C)c1. The van der Waals surface area contributed by atoms with Gasteiger partial charge in [0.05, 0.1) is 10.9 Å². The van der Waals surface area contributed by atoms with Crippen molar-refractivity contribution in [1.29, 1.82) is 0 Å². The normalized spacial score (nSPS) is 12.1. The van der Waals surface area contributed by atoms with Crippen molar-refractivity contribution in [3.63, 3.8) is 0 Å². The minimum Gasteiger partial charge on any atom is -0.343 e. The van der Waals surface area contributed by atoms with Crippen molar-refractivity contribution in [1.82, 2.24) is 13.7 Å². The van der Waals surface area contributed by atoms with E-state index in [2.05, 4.69) is 280 Å². The Morgan fingerprint density at radius 3 is 1.27 bits per heavy atom. The molecule has 0 aliphatic carbocycles. The van der Waals surface area contributed by atoms with E-state index in [1.807, 2.05) is 13.0 Å². The smallest absolute Gasteiger partial charge is 0.214 e. The van der Waals surface area contributed by atoms with Crippen LogP contribution in [0.1, 0.15) is 52.3 Å². The van der Waals surface area contributed by atoms with Crippen molar-refractivity contribution in [3.8, 4) is 33.8 Å². The summed E-state index contributed by atoms with van der Waals surface area (Å²) in [5.74, 6) is 0. The van der Waals surface area contributed by atoms with Crippen LogP contribution < -0.4 is 13.7 Å². The predicted molar refractivity (Wildman–Crippen MR) is 356 cm³/mol. The molecule has 0 N–H and O–H groups in total. The number of aryl methyl sites for hydroxylation is 12. The van der Waals surface area contributed by atoms with Gasteiger partial charge in [-0.2, -0.15) is 9.13 Å². The van der Waals surface area contributed by atoms with Gasteiger partial charge in [0.2, 0.25) is 17.1 Å². The minimum atomic E-state index is -2.09. The van der Waals surface area contributed by atoms with Gasteiger partial charge in [0, 0.05) is 104 Å². The topological polar surface area (TPSA) is 26.4 Å². The first-order chi connectivity index (χ1) is 40.3. The molecule has 0 spiro atoms. The van der Waals surface area contributed by atoms with Crippen LogP contribution >= 0.6 is 0 Å². The average Bonchev–Trinajstić information content (AvgIpc) is 1.62. The summed E-state index contributed by atoms with van der Waals surface area (Å²) in [6, 6.07) is 65.0. The predicted octanol–water partition coefficient (Wildman–Crippen LogP) is 18.1. The summed E-state index contributed by atoms with van der Waals surface area (Å²) in [4.78, 5) is 0. The molecule has 83 heavy (non-hydrogen) atoms. The number of hydrogen-bond acceptors (Lipinski definition) is 0. The highest BCUT2D eigenvalue weighted by molar-refractivity contribution is 6.23. The van der Waals surface area contributed by atoms with Crippen LogP contribution in [0.5, 0.6) is 0 Å². The number of pyridine rings is 3. The molecular formula is C77H77N6+3. The molecule has 0 saturated heterocycles. The number of nitrogens with zero attached hydrogens (tertiary/aromatic N) is 6. The van der Waals surface area contributed by atoms with Gasteiger partial charge in [-0.3, -0.25) is 0 Å². The van der Waals surface area contributed by atoms with Gasteiger partial charge in [0.15, 0.2) is 18.6 Å². The van der Waals surface area contributed by atoms with Gasteiger partial charge < -0.3 is 13.7 Å². The van der Waals surface area contributed by atoms with Crippen LogP contribution in [0, 0.1) is 41.5 Å². The summed E-state index contributed by atoms with van der Waals surface area (Å²) < 4.78 is 36.6. The molecule has 9 aromatic carbocycles. The largest absolute Gasteiger partial charge is 0.343 e. The Kier molecular flexibility index (Phi) is 13.4. The third-order valence-electron chi connectivity index (χ3n) is 17.3. The van der Waals surface area contributed by atoms with E-state index < -0.39 is 6.85 Å². The van der Waals surface area contributed by atoms with Crippen molar-refractivity contribution in [2.24, 2.45) is 42.3 Å². The molecule has 412 valence electrons. The second kappa shape index (κ2) is 21.5. The fraction of sp³-hybridized carbons (Fsp3) is 0.182. The molecule has 0 fully saturated rings. The Bertz CT molecular complexity index is 5210. The fourth-order valence-electron chi connectivity index (χ4n) is 13.1. The molecule has 15 aromatic rings. The van der Waals surface area contributed by atoms with Crippen molar-refractivity contribution in [2.45, 2.75) is 56.3 Å². The fourth-order valence-corrected chi connectivity index (χ4v) is 13.1. The molecule has 0 atom stereocenters. The molecule has 0 radical (unpaired) electrons. The molecule has 6 nitrogen and oxygen atoms in total. The molecule has 0 unspecified atom stereocenters. The minimum absolute atomic E-state index is 0. The molecule has 15 rings (SSSR count). The number of aromatic nitrogens is 6. The molecule has 0 amide bonds. The molecular weight excluding hydrogens is 1010 g/mol. The Labute approximate surface area is 493 Å². The first-order valence-corrected chi connectivity index (χ1v) is 28.0. The van der Waals surface area contributed by atoms with Crippen molar-refractivity contribution >= 4 is 97.7 Å². The molecule has 0 bridgehead atoms. The Hall–Kier alpha value is -9.39. The highest BCUT2D eigenvalue weighted by Gasteiger charge is 2.23. The Morgan fingerprint density at radius 1 is 0.313 bits per heavy atom. The van der Waals surface area contributed by atoms with E-state index in [9.17, 15) is 0 Å². The van der Waals surface area contributed by atoms with Crippen molar-refractivity contribution in [2.75, 3.05) is 0 Å². The maximum absolute atomic E-state index is 7.69. The van der Waals surface area contributed by atoms with Crippen LogP contribution in [0.3, 0.4) is 0 Å².